The number of allylic oxidation sites excluding steroid dienone is 5. The normalized spacial score (nSPS) is 12.9. The Balaban J connectivity index is 1.56. The first-order valence-corrected chi connectivity index (χ1v) is 18.2. The van der Waals surface area contributed by atoms with Crippen molar-refractivity contribution in [2.75, 3.05) is 11.9 Å². The van der Waals surface area contributed by atoms with E-state index in [4.69, 9.17) is 4.74 Å². The van der Waals surface area contributed by atoms with E-state index >= 15 is 0 Å². The molecule has 0 bridgehead atoms. The number of hydrogen-bond donors (Lipinski definition) is 2. The number of rotatable bonds is 12. The second-order valence-electron chi connectivity index (χ2n) is 12.4. The van der Waals surface area contributed by atoms with Gasteiger partial charge in [-0.15, -0.1) is 11.3 Å². The van der Waals surface area contributed by atoms with Crippen LogP contribution in [0.5, 0.6) is 0 Å². The monoisotopic (exact) mass is 709 g/mol. The predicted octanol–water partition coefficient (Wildman–Crippen LogP) is 8.22. The summed E-state index contributed by atoms with van der Waals surface area (Å²) in [5.74, 6) is -0.998. The highest BCUT2D eigenvalue weighted by molar-refractivity contribution is 7.90. The Hall–Kier alpha value is -5.33. The van der Waals surface area contributed by atoms with Crippen LogP contribution in [0.15, 0.2) is 127 Å². The van der Waals surface area contributed by atoms with Crippen LogP contribution in [-0.4, -0.2) is 46.5 Å². The van der Waals surface area contributed by atoms with Crippen molar-refractivity contribution in [1.82, 2.24) is 19.3 Å². The van der Waals surface area contributed by atoms with E-state index in [1.165, 1.54) is 15.3 Å². The lowest BCUT2D eigenvalue weighted by molar-refractivity contribution is -0.119. The number of nitrogens with one attached hydrogen (secondary N) is 2. The third-order valence-corrected chi connectivity index (χ3v) is 10.3. The molecular formula is C38H39N5O5S2. The van der Waals surface area contributed by atoms with Crippen molar-refractivity contribution in [3.63, 3.8) is 0 Å². The summed E-state index contributed by atoms with van der Waals surface area (Å²) in [7, 11) is -3.99. The molecule has 0 fully saturated rings. The van der Waals surface area contributed by atoms with Gasteiger partial charge in [0.25, 0.3) is 10.0 Å². The predicted molar refractivity (Wildman–Crippen MR) is 199 cm³/mol. The molecule has 4 heterocycles. The molecule has 0 aliphatic carbocycles. The molecule has 0 spiro atoms. The molecule has 0 saturated carbocycles. The number of benzene rings is 1. The molecule has 1 aromatic carbocycles. The molecule has 258 valence electrons. The van der Waals surface area contributed by atoms with Crippen LogP contribution in [0.3, 0.4) is 0 Å². The summed E-state index contributed by atoms with van der Waals surface area (Å²) in [5.41, 5.74) is 2.50. The van der Waals surface area contributed by atoms with Crippen LogP contribution in [0.1, 0.15) is 34.1 Å². The summed E-state index contributed by atoms with van der Waals surface area (Å²) < 4.78 is 34.3. The number of pyridine rings is 2. The van der Waals surface area contributed by atoms with Gasteiger partial charge in [0, 0.05) is 58.3 Å². The molecule has 2 N–H and O–H groups in total. The lowest BCUT2D eigenvalue weighted by atomic mass is 9.97. The number of carbonyl (C=O) groups excluding carboxylic acids is 2. The van der Waals surface area contributed by atoms with E-state index < -0.39 is 27.6 Å². The Labute approximate surface area is 296 Å². The third kappa shape index (κ3) is 8.44. The van der Waals surface area contributed by atoms with Gasteiger partial charge in [0.1, 0.15) is 5.60 Å². The fourth-order valence-corrected chi connectivity index (χ4v) is 7.64. The maximum atomic E-state index is 14.0. The lowest BCUT2D eigenvalue weighted by Crippen LogP contribution is -2.38. The third-order valence-electron chi connectivity index (χ3n) is 7.53. The Kier molecular flexibility index (Phi) is 11.1. The Bertz CT molecular complexity index is 2160. The van der Waals surface area contributed by atoms with E-state index in [9.17, 15) is 18.0 Å². The van der Waals surface area contributed by atoms with Crippen LogP contribution >= 0.6 is 11.3 Å². The van der Waals surface area contributed by atoms with Gasteiger partial charge in [-0.1, -0.05) is 55.1 Å². The fraction of sp³-hybridized carbons (Fsp3) is 0.211. The van der Waals surface area contributed by atoms with Crippen LogP contribution in [0.4, 0.5) is 9.80 Å². The quantitative estimate of drug-likeness (QED) is 0.125. The van der Waals surface area contributed by atoms with Crippen molar-refractivity contribution >= 4 is 49.4 Å². The van der Waals surface area contributed by atoms with Gasteiger partial charge in [-0.2, -0.15) is 0 Å². The minimum Gasteiger partial charge on any atom is -0.444 e. The van der Waals surface area contributed by atoms with E-state index in [1.807, 2.05) is 49.4 Å². The lowest BCUT2D eigenvalue weighted by Gasteiger charge is -2.22. The summed E-state index contributed by atoms with van der Waals surface area (Å²) in [6, 6.07) is 17.3. The number of anilines is 1. The maximum Gasteiger partial charge on any atom is 0.407 e. The summed E-state index contributed by atoms with van der Waals surface area (Å²) in [6.07, 6.45) is 13.5. The second kappa shape index (κ2) is 15.5. The molecule has 0 aliphatic rings. The molecule has 5 rings (SSSR count). The van der Waals surface area contributed by atoms with Crippen LogP contribution < -0.4 is 10.6 Å². The number of aromatic nitrogens is 3. The van der Waals surface area contributed by atoms with Gasteiger partial charge in [0.15, 0.2) is 5.65 Å². The van der Waals surface area contributed by atoms with Crippen LogP contribution in [-0.2, 0) is 19.6 Å². The minimum atomic E-state index is -3.99. The molecular weight excluding hydrogens is 671 g/mol. The summed E-state index contributed by atoms with van der Waals surface area (Å²) >= 11 is 1.34. The van der Waals surface area contributed by atoms with Gasteiger partial charge in [-0.3, -0.25) is 9.78 Å². The van der Waals surface area contributed by atoms with E-state index in [0.29, 0.717) is 27.9 Å². The summed E-state index contributed by atoms with van der Waals surface area (Å²) in [5, 5.41) is 6.94. The van der Waals surface area contributed by atoms with Gasteiger partial charge in [-0.05, 0) is 76.1 Å². The molecule has 1 atom stereocenters. The fourth-order valence-electron chi connectivity index (χ4n) is 5.22. The largest absolute Gasteiger partial charge is 0.444 e. The smallest absolute Gasteiger partial charge is 0.407 e. The number of thiophene rings is 1. The van der Waals surface area contributed by atoms with Gasteiger partial charge in [0.05, 0.1) is 15.8 Å². The first-order chi connectivity index (χ1) is 23.9. The van der Waals surface area contributed by atoms with Gasteiger partial charge in [0.2, 0.25) is 5.91 Å². The molecule has 0 aliphatic heterocycles. The molecule has 0 saturated heterocycles. The SMILES string of the molecule is C=C/C(=C\C=C/C)CC(CNC(=O)OC(C)(C)C)C(=O)Nc1cc(-c2cn(S(=O)(=O)c3ccccc3)c3ncccc23)c(-c2cccnc2)s1. The highest BCUT2D eigenvalue weighted by Gasteiger charge is 2.27. The van der Waals surface area contributed by atoms with Gasteiger partial charge in [-0.25, -0.2) is 22.2 Å². The van der Waals surface area contributed by atoms with Crippen molar-refractivity contribution in [3.8, 4) is 21.6 Å². The Morgan fingerprint density at radius 3 is 2.50 bits per heavy atom. The van der Waals surface area contributed by atoms with Gasteiger partial charge >= 0.3 is 6.09 Å². The number of ether oxygens (including phenoxy) is 1. The van der Waals surface area contributed by atoms with Crippen LogP contribution in [0.2, 0.25) is 0 Å². The Morgan fingerprint density at radius 2 is 1.82 bits per heavy atom. The molecule has 5 aromatic rings. The zero-order valence-electron chi connectivity index (χ0n) is 28.3. The van der Waals surface area contributed by atoms with E-state index in [0.717, 1.165) is 16.0 Å². The van der Waals surface area contributed by atoms with Crippen molar-refractivity contribution in [3.05, 3.63) is 122 Å². The topological polar surface area (TPSA) is 132 Å². The zero-order valence-corrected chi connectivity index (χ0v) is 29.9. The standard InChI is InChI=1S/C38H39N5O5S2/c1-6-8-14-26(7-2)21-28(24-41-37(45)48-38(3,4)5)36(44)42-33-22-31(34(49-33)27-15-12-19-39-23-27)32-25-43(35-30(32)18-13-20-40-35)50(46,47)29-16-10-9-11-17-29/h6-20,22-23,25,28H,2,21,24H2,1,3-5H3,(H,41,45)(H,42,44)/b8-6-,26-14+. The highest BCUT2D eigenvalue weighted by atomic mass is 32.2. The van der Waals surface area contributed by atoms with Crippen molar-refractivity contribution < 1.29 is 22.7 Å². The van der Waals surface area contributed by atoms with E-state index in [-0.39, 0.29) is 23.0 Å². The first kappa shape index (κ1) is 36.0. The number of hydrogen-bond acceptors (Lipinski definition) is 8. The number of nitrogens with zero attached hydrogens (tertiary/aromatic N) is 3. The van der Waals surface area contributed by atoms with Crippen LogP contribution in [0, 0.1) is 5.92 Å². The highest BCUT2D eigenvalue weighted by Crippen LogP contribution is 2.44. The van der Waals surface area contributed by atoms with E-state index in [2.05, 4.69) is 27.2 Å². The molecule has 1 unspecified atom stereocenters. The van der Waals surface area contributed by atoms with Gasteiger partial charge < -0.3 is 15.4 Å². The van der Waals surface area contributed by atoms with Crippen molar-refractivity contribution in [2.24, 2.45) is 5.92 Å². The van der Waals surface area contributed by atoms with Crippen molar-refractivity contribution in [2.45, 2.75) is 44.6 Å². The number of amides is 2. The maximum absolute atomic E-state index is 14.0. The number of fused-ring (bicyclic) bond motifs is 1. The first-order valence-electron chi connectivity index (χ1n) is 15.9. The molecule has 10 nitrogen and oxygen atoms in total. The molecule has 50 heavy (non-hydrogen) atoms. The Morgan fingerprint density at radius 1 is 1.06 bits per heavy atom. The average molecular weight is 710 g/mol. The molecule has 12 heteroatoms. The zero-order chi connectivity index (χ0) is 35.9. The average Bonchev–Trinajstić information content (AvgIpc) is 3.70. The summed E-state index contributed by atoms with van der Waals surface area (Å²) in [6.45, 7) is 11.1. The molecule has 0 radical (unpaired) electrons. The second-order valence-corrected chi connectivity index (χ2v) is 15.2. The van der Waals surface area contributed by atoms with Crippen LogP contribution in [0.25, 0.3) is 32.6 Å². The minimum absolute atomic E-state index is 0.0198. The molecule has 2 amide bonds. The van der Waals surface area contributed by atoms with Crippen molar-refractivity contribution in [1.29, 1.82) is 0 Å². The molecule has 4 aromatic heterocycles. The summed E-state index contributed by atoms with van der Waals surface area (Å²) in [4.78, 5) is 36.2. The van der Waals surface area contributed by atoms with E-state index in [1.54, 1.807) is 88.0 Å². The number of carbonyl (C=O) groups is 2. The number of alkyl carbamates (subject to hydrolysis) is 1.